The number of halogens is 2. The summed E-state index contributed by atoms with van der Waals surface area (Å²) in [7, 11) is 0. The van der Waals surface area contributed by atoms with Gasteiger partial charge in [0.15, 0.2) is 11.5 Å². The maximum Gasteiger partial charge on any atom is 0.257 e. The molecule has 1 aliphatic heterocycles. The number of hydrogen-bond donors (Lipinski definition) is 1. The van der Waals surface area contributed by atoms with Crippen LogP contribution in [0.15, 0.2) is 60.9 Å². The molecule has 34 heavy (non-hydrogen) atoms. The molecule has 5 heterocycles. The van der Waals surface area contributed by atoms with E-state index in [2.05, 4.69) is 15.3 Å². The first kappa shape index (κ1) is 20.2. The first-order valence-electron chi connectivity index (χ1n) is 10.7. The first-order chi connectivity index (χ1) is 16.5. The maximum atomic E-state index is 13.5. The lowest BCUT2D eigenvalue weighted by Crippen LogP contribution is -2.12. The van der Waals surface area contributed by atoms with Gasteiger partial charge in [-0.15, -0.1) is 0 Å². The highest BCUT2D eigenvalue weighted by Crippen LogP contribution is 2.36. The number of carbonyl (C=O) groups excluding carboxylic acids is 1. The number of amides is 1. The Morgan fingerprint density at radius 3 is 2.71 bits per heavy atom. The average molecular weight is 457 g/mol. The molecule has 0 radical (unpaired) electrons. The number of hydrogen-bond acceptors (Lipinski definition) is 5. The van der Waals surface area contributed by atoms with E-state index >= 15 is 0 Å². The predicted molar refractivity (Wildman–Crippen MR) is 120 cm³/mol. The SMILES string of the molecule is O=C(Nc1cn2nc(-c3c(-c4ccc(F)cc4)nn4c3CCC4)ccc2n1)c1ccnc(F)c1. The highest BCUT2D eigenvalue weighted by molar-refractivity contribution is 6.03. The summed E-state index contributed by atoms with van der Waals surface area (Å²) in [6.07, 6.45) is 4.69. The Balaban J connectivity index is 1.38. The van der Waals surface area contributed by atoms with Crippen molar-refractivity contribution in [3.63, 3.8) is 0 Å². The number of pyridine rings is 1. The Kier molecular flexibility index (Phi) is 4.65. The Hall–Kier alpha value is -4.47. The standard InChI is InChI=1S/C24H17F2N7O/c25-16-5-3-14(4-6-16)23-22(18-2-1-11-32(18)31-23)17-7-8-21-28-20(13-33(21)30-17)29-24(34)15-9-10-27-19(26)12-15/h3-10,12-13H,1-2,11H2,(H,29,34). The third kappa shape index (κ3) is 3.49. The van der Waals surface area contributed by atoms with Crippen LogP contribution in [0.5, 0.6) is 0 Å². The van der Waals surface area contributed by atoms with Crippen LogP contribution < -0.4 is 5.32 Å². The number of aryl methyl sites for hydroxylation is 1. The Bertz CT molecular complexity index is 1560. The van der Waals surface area contributed by atoms with Gasteiger partial charge in [0.1, 0.15) is 11.5 Å². The van der Waals surface area contributed by atoms with Crippen LogP contribution in [0.4, 0.5) is 14.6 Å². The highest BCUT2D eigenvalue weighted by atomic mass is 19.1. The van der Waals surface area contributed by atoms with Crippen molar-refractivity contribution in [1.29, 1.82) is 0 Å². The van der Waals surface area contributed by atoms with E-state index in [1.54, 1.807) is 28.9 Å². The second-order valence-electron chi connectivity index (χ2n) is 7.97. The second-order valence-corrected chi connectivity index (χ2v) is 7.97. The van der Waals surface area contributed by atoms with Crippen molar-refractivity contribution >= 4 is 17.4 Å². The molecule has 1 amide bonds. The van der Waals surface area contributed by atoms with Gasteiger partial charge in [-0.25, -0.2) is 18.9 Å². The molecule has 6 rings (SSSR count). The van der Waals surface area contributed by atoms with E-state index in [4.69, 9.17) is 10.2 Å². The summed E-state index contributed by atoms with van der Waals surface area (Å²) in [6.45, 7) is 0.822. The minimum Gasteiger partial charge on any atom is -0.305 e. The van der Waals surface area contributed by atoms with Crippen molar-refractivity contribution in [2.75, 3.05) is 5.32 Å². The third-order valence-corrected chi connectivity index (χ3v) is 5.77. The molecule has 0 fully saturated rings. The summed E-state index contributed by atoms with van der Waals surface area (Å²) in [5.74, 6) is -1.26. The van der Waals surface area contributed by atoms with Crippen molar-refractivity contribution in [2.45, 2.75) is 19.4 Å². The number of anilines is 1. The van der Waals surface area contributed by atoms with Crippen LogP contribution in [0, 0.1) is 11.8 Å². The number of nitrogens with one attached hydrogen (secondary N) is 1. The zero-order valence-electron chi connectivity index (χ0n) is 17.7. The molecule has 0 spiro atoms. The summed E-state index contributed by atoms with van der Waals surface area (Å²) in [6, 6.07) is 12.4. The van der Waals surface area contributed by atoms with Gasteiger partial charge in [0.2, 0.25) is 5.95 Å². The molecule has 5 aromatic rings. The summed E-state index contributed by atoms with van der Waals surface area (Å²) >= 11 is 0. The van der Waals surface area contributed by atoms with Crippen molar-refractivity contribution in [3.8, 4) is 22.5 Å². The second kappa shape index (κ2) is 7.84. The number of fused-ring (bicyclic) bond motifs is 2. The van der Waals surface area contributed by atoms with E-state index < -0.39 is 11.9 Å². The van der Waals surface area contributed by atoms with Crippen molar-refractivity contribution < 1.29 is 13.6 Å². The number of imidazole rings is 1. The number of carbonyl (C=O) groups is 1. The lowest BCUT2D eigenvalue weighted by Gasteiger charge is -2.05. The van der Waals surface area contributed by atoms with Crippen LogP contribution >= 0.6 is 0 Å². The molecule has 10 heteroatoms. The highest BCUT2D eigenvalue weighted by Gasteiger charge is 2.25. The quantitative estimate of drug-likeness (QED) is 0.410. The van der Waals surface area contributed by atoms with E-state index in [9.17, 15) is 13.6 Å². The van der Waals surface area contributed by atoms with Crippen molar-refractivity contribution in [2.24, 2.45) is 0 Å². The van der Waals surface area contributed by atoms with Gasteiger partial charge in [0.25, 0.3) is 5.91 Å². The minimum absolute atomic E-state index is 0.137. The largest absolute Gasteiger partial charge is 0.305 e. The first-order valence-corrected chi connectivity index (χ1v) is 10.7. The average Bonchev–Trinajstić information content (AvgIpc) is 3.53. The van der Waals surface area contributed by atoms with Gasteiger partial charge in [-0.3, -0.25) is 9.48 Å². The van der Waals surface area contributed by atoms with Gasteiger partial charge < -0.3 is 5.32 Å². The van der Waals surface area contributed by atoms with Crippen LogP contribution in [0.1, 0.15) is 22.5 Å². The lowest BCUT2D eigenvalue weighted by atomic mass is 10.0. The van der Waals surface area contributed by atoms with Crippen LogP contribution in [0.2, 0.25) is 0 Å². The van der Waals surface area contributed by atoms with E-state index in [0.717, 1.165) is 48.0 Å². The molecule has 4 aromatic heterocycles. The molecular weight excluding hydrogens is 440 g/mol. The number of benzene rings is 1. The smallest absolute Gasteiger partial charge is 0.257 e. The molecule has 0 aliphatic carbocycles. The zero-order valence-corrected chi connectivity index (χ0v) is 17.7. The third-order valence-electron chi connectivity index (χ3n) is 5.77. The van der Waals surface area contributed by atoms with Crippen LogP contribution in [-0.4, -0.2) is 35.3 Å². The Morgan fingerprint density at radius 1 is 1.03 bits per heavy atom. The molecule has 1 N–H and O–H groups in total. The number of rotatable bonds is 4. The molecule has 1 aliphatic rings. The maximum absolute atomic E-state index is 13.5. The molecule has 0 unspecified atom stereocenters. The fourth-order valence-electron chi connectivity index (χ4n) is 4.22. The molecular formula is C24H17F2N7O. The van der Waals surface area contributed by atoms with Gasteiger partial charge >= 0.3 is 0 Å². The van der Waals surface area contributed by atoms with E-state index in [1.165, 1.54) is 24.4 Å². The zero-order chi connectivity index (χ0) is 23.2. The van der Waals surface area contributed by atoms with Gasteiger partial charge in [-0.1, -0.05) is 0 Å². The number of aromatic nitrogens is 6. The summed E-state index contributed by atoms with van der Waals surface area (Å²) in [4.78, 5) is 20.3. The summed E-state index contributed by atoms with van der Waals surface area (Å²) < 4.78 is 30.4. The fraction of sp³-hybridized carbons (Fsp3) is 0.125. The fourth-order valence-corrected chi connectivity index (χ4v) is 4.22. The van der Waals surface area contributed by atoms with Gasteiger partial charge in [0, 0.05) is 35.6 Å². The van der Waals surface area contributed by atoms with Crippen LogP contribution in [-0.2, 0) is 13.0 Å². The van der Waals surface area contributed by atoms with Crippen LogP contribution in [0.3, 0.4) is 0 Å². The molecule has 0 saturated carbocycles. The van der Waals surface area contributed by atoms with Crippen LogP contribution in [0.25, 0.3) is 28.2 Å². The number of nitrogens with zero attached hydrogens (tertiary/aromatic N) is 6. The molecule has 8 nitrogen and oxygen atoms in total. The van der Waals surface area contributed by atoms with Crippen molar-refractivity contribution in [1.82, 2.24) is 29.4 Å². The Labute approximate surface area is 191 Å². The van der Waals surface area contributed by atoms with Gasteiger partial charge in [-0.05, 0) is 55.3 Å². The predicted octanol–water partition coefficient (Wildman–Crippen LogP) is 4.13. The van der Waals surface area contributed by atoms with E-state index in [0.29, 0.717) is 11.3 Å². The van der Waals surface area contributed by atoms with Gasteiger partial charge in [-0.2, -0.15) is 14.6 Å². The monoisotopic (exact) mass is 457 g/mol. The molecule has 1 aromatic carbocycles. The molecule has 0 bridgehead atoms. The van der Waals surface area contributed by atoms with Gasteiger partial charge in [0.05, 0.1) is 17.5 Å². The molecule has 0 atom stereocenters. The van der Waals surface area contributed by atoms with E-state index in [1.807, 2.05) is 10.7 Å². The Morgan fingerprint density at radius 2 is 1.88 bits per heavy atom. The summed E-state index contributed by atoms with van der Waals surface area (Å²) in [5, 5.41) is 12.1. The minimum atomic E-state index is -0.736. The molecule has 0 saturated heterocycles. The lowest BCUT2D eigenvalue weighted by molar-refractivity contribution is 0.102. The van der Waals surface area contributed by atoms with Crippen molar-refractivity contribution in [3.05, 3.63) is 83.9 Å². The molecule has 168 valence electrons. The topological polar surface area (TPSA) is 90.0 Å². The normalized spacial score (nSPS) is 12.8. The summed E-state index contributed by atoms with van der Waals surface area (Å²) in [5.41, 5.74) is 4.90. The van der Waals surface area contributed by atoms with E-state index in [-0.39, 0.29) is 17.2 Å².